The largest absolute Gasteiger partial charge is 0.379 e. The van der Waals surface area contributed by atoms with Gasteiger partial charge < -0.3 is 4.18 Å². The quantitative estimate of drug-likeness (QED) is 0.186. The molecule has 1 aromatic heterocycles. The normalized spacial score (nSPS) is 11.2. The zero-order chi connectivity index (χ0) is 21.7. The van der Waals surface area contributed by atoms with Gasteiger partial charge in [0.15, 0.2) is 0 Å². The summed E-state index contributed by atoms with van der Waals surface area (Å²) in [6, 6.07) is 22.0. The number of nitrogens with zero attached hydrogens (tertiary/aromatic N) is 2. The van der Waals surface area contributed by atoms with Gasteiger partial charge >= 0.3 is 10.1 Å². The van der Waals surface area contributed by atoms with E-state index in [1.807, 2.05) is 29.6 Å². The van der Waals surface area contributed by atoms with Crippen LogP contribution in [0.1, 0.15) is 5.56 Å². The molecule has 0 saturated carbocycles. The summed E-state index contributed by atoms with van der Waals surface area (Å²) < 4.78 is 29.7. The van der Waals surface area contributed by atoms with Crippen molar-refractivity contribution in [1.29, 1.82) is 0 Å². The van der Waals surface area contributed by atoms with Crippen LogP contribution in [0.2, 0.25) is 5.02 Å². The van der Waals surface area contributed by atoms with Crippen LogP contribution in [-0.2, 0) is 10.1 Å². The molecule has 0 saturated heterocycles. The molecule has 0 aliphatic rings. The van der Waals surface area contributed by atoms with Crippen molar-refractivity contribution in [2.45, 2.75) is 4.90 Å². The van der Waals surface area contributed by atoms with Crippen molar-refractivity contribution in [1.82, 2.24) is 4.98 Å². The zero-order valence-corrected chi connectivity index (χ0v) is 19.6. The van der Waals surface area contributed by atoms with Gasteiger partial charge in [-0.25, -0.2) is 4.98 Å². The van der Waals surface area contributed by atoms with Gasteiger partial charge in [-0.05, 0) is 54.1 Å². The molecule has 3 aromatic carbocycles. The molecular formula is C22H17Cl2N3O3S2. The summed E-state index contributed by atoms with van der Waals surface area (Å²) >= 11 is 7.35. The van der Waals surface area contributed by atoms with Crippen LogP contribution in [0, 0.1) is 0 Å². The van der Waals surface area contributed by atoms with Crippen LogP contribution >= 0.6 is 35.3 Å². The van der Waals surface area contributed by atoms with Crippen LogP contribution in [0.3, 0.4) is 0 Å². The summed E-state index contributed by atoms with van der Waals surface area (Å²) in [6.07, 6.45) is 1.61. The van der Waals surface area contributed by atoms with E-state index in [9.17, 15) is 8.42 Å². The first-order valence-corrected chi connectivity index (χ1v) is 11.8. The monoisotopic (exact) mass is 505 g/mol. The summed E-state index contributed by atoms with van der Waals surface area (Å²) in [7, 11) is -3.86. The van der Waals surface area contributed by atoms with Gasteiger partial charge in [-0.15, -0.1) is 23.7 Å². The van der Waals surface area contributed by atoms with E-state index in [0.717, 1.165) is 16.8 Å². The number of hydrogen-bond donors (Lipinski definition) is 1. The Hall–Kier alpha value is -2.91. The van der Waals surface area contributed by atoms with Gasteiger partial charge in [-0.3, -0.25) is 5.43 Å². The third-order valence-electron chi connectivity index (χ3n) is 4.14. The van der Waals surface area contributed by atoms with Gasteiger partial charge in [-0.1, -0.05) is 41.9 Å². The third-order valence-corrected chi connectivity index (χ3v) is 6.40. The molecule has 0 radical (unpaired) electrons. The van der Waals surface area contributed by atoms with Crippen molar-refractivity contribution in [3.05, 3.63) is 94.8 Å². The van der Waals surface area contributed by atoms with E-state index in [0.29, 0.717) is 10.2 Å². The van der Waals surface area contributed by atoms with Crippen LogP contribution in [0.5, 0.6) is 5.75 Å². The van der Waals surface area contributed by atoms with E-state index >= 15 is 0 Å². The molecule has 4 rings (SSSR count). The fourth-order valence-electron chi connectivity index (χ4n) is 2.61. The topological polar surface area (TPSA) is 80.7 Å². The minimum absolute atomic E-state index is 0. The predicted octanol–water partition coefficient (Wildman–Crippen LogP) is 6.10. The summed E-state index contributed by atoms with van der Waals surface area (Å²) in [5.74, 6) is 0.224. The molecule has 0 aliphatic heterocycles. The second-order valence-corrected chi connectivity index (χ2v) is 9.18. The van der Waals surface area contributed by atoms with E-state index in [-0.39, 0.29) is 23.1 Å². The molecule has 4 aromatic rings. The van der Waals surface area contributed by atoms with Gasteiger partial charge in [-0.2, -0.15) is 13.5 Å². The maximum Gasteiger partial charge on any atom is 0.339 e. The van der Waals surface area contributed by atoms with E-state index in [2.05, 4.69) is 15.5 Å². The Bertz CT molecular complexity index is 1290. The summed E-state index contributed by atoms with van der Waals surface area (Å²) in [4.78, 5) is 4.59. The van der Waals surface area contributed by atoms with Gasteiger partial charge in [0.25, 0.3) is 0 Å². The zero-order valence-electron chi connectivity index (χ0n) is 16.4. The summed E-state index contributed by atoms with van der Waals surface area (Å²) in [5.41, 5.74) is 5.47. The molecule has 0 spiro atoms. The number of halogens is 2. The lowest BCUT2D eigenvalue weighted by atomic mass is 10.2. The molecule has 6 nitrogen and oxygen atoms in total. The maximum absolute atomic E-state index is 12.3. The fraction of sp³-hybridized carbons (Fsp3) is 0. The number of hydrazone groups is 1. The lowest BCUT2D eigenvalue weighted by Gasteiger charge is -2.06. The average Bonchev–Trinajstić information content (AvgIpc) is 3.25. The van der Waals surface area contributed by atoms with Crippen molar-refractivity contribution < 1.29 is 12.6 Å². The van der Waals surface area contributed by atoms with E-state index in [1.54, 1.807) is 48.7 Å². The van der Waals surface area contributed by atoms with Crippen LogP contribution in [0.25, 0.3) is 11.3 Å². The highest BCUT2D eigenvalue weighted by Gasteiger charge is 2.15. The molecule has 0 fully saturated rings. The summed E-state index contributed by atoms with van der Waals surface area (Å²) in [5, 5.41) is 7.43. The maximum atomic E-state index is 12.3. The van der Waals surface area contributed by atoms with Gasteiger partial charge in [0.05, 0.1) is 11.9 Å². The van der Waals surface area contributed by atoms with Crippen LogP contribution < -0.4 is 9.61 Å². The second-order valence-electron chi connectivity index (χ2n) is 6.33. The second kappa shape index (κ2) is 10.6. The highest BCUT2D eigenvalue weighted by molar-refractivity contribution is 7.87. The number of benzene rings is 3. The minimum atomic E-state index is -3.86. The molecule has 164 valence electrons. The molecule has 32 heavy (non-hydrogen) atoms. The van der Waals surface area contributed by atoms with Crippen LogP contribution in [-0.4, -0.2) is 19.6 Å². The number of rotatable bonds is 7. The van der Waals surface area contributed by atoms with Gasteiger partial charge in [0.2, 0.25) is 5.13 Å². The number of nitrogens with one attached hydrogen (secondary N) is 1. The Morgan fingerprint density at radius 1 is 0.969 bits per heavy atom. The van der Waals surface area contributed by atoms with Gasteiger partial charge in [0, 0.05) is 16.0 Å². The average molecular weight is 506 g/mol. The number of anilines is 1. The van der Waals surface area contributed by atoms with Crippen LogP contribution in [0.15, 0.2) is 94.2 Å². The van der Waals surface area contributed by atoms with E-state index in [4.69, 9.17) is 15.8 Å². The minimum Gasteiger partial charge on any atom is -0.379 e. The fourth-order valence-corrected chi connectivity index (χ4v) is 4.36. The molecule has 10 heteroatoms. The number of thiazole rings is 1. The standard InChI is InChI=1S/C22H16ClN3O3S2.ClH/c23-18-10-8-17(9-11-18)21-15-30-22(25-21)26-24-14-16-6-12-19(13-7-16)29-31(27,28)20-4-2-1-3-5-20;/h1-15H,(H,25,26);1H. The summed E-state index contributed by atoms with van der Waals surface area (Å²) in [6.45, 7) is 0. The molecule has 0 unspecified atom stereocenters. The Balaban J connectivity index is 0.00000289. The number of hydrogen-bond acceptors (Lipinski definition) is 7. The molecule has 0 amide bonds. The molecule has 0 aliphatic carbocycles. The van der Waals surface area contributed by atoms with Crippen molar-refractivity contribution in [3.8, 4) is 17.0 Å². The van der Waals surface area contributed by atoms with Crippen LogP contribution in [0.4, 0.5) is 5.13 Å². The highest BCUT2D eigenvalue weighted by Crippen LogP contribution is 2.26. The first kappa shape index (κ1) is 23.7. The highest BCUT2D eigenvalue weighted by atomic mass is 35.5. The third kappa shape index (κ3) is 6.08. The van der Waals surface area contributed by atoms with Gasteiger partial charge in [0.1, 0.15) is 10.6 Å². The number of aromatic nitrogens is 1. The molecule has 0 bridgehead atoms. The Labute approximate surface area is 201 Å². The van der Waals surface area contributed by atoms with Crippen molar-refractivity contribution in [2.24, 2.45) is 5.10 Å². The Morgan fingerprint density at radius 3 is 2.34 bits per heavy atom. The van der Waals surface area contributed by atoms with Crippen molar-refractivity contribution in [3.63, 3.8) is 0 Å². The van der Waals surface area contributed by atoms with E-state index < -0.39 is 10.1 Å². The molecule has 1 heterocycles. The first-order chi connectivity index (χ1) is 15.0. The molecular weight excluding hydrogens is 489 g/mol. The van der Waals surface area contributed by atoms with E-state index in [1.165, 1.54) is 23.5 Å². The SMILES string of the molecule is Cl.O=S(=O)(Oc1ccc(C=NNc2nc(-c3ccc(Cl)cc3)cs2)cc1)c1ccccc1. The Morgan fingerprint density at radius 2 is 1.66 bits per heavy atom. The lowest BCUT2D eigenvalue weighted by Crippen LogP contribution is -2.09. The Kier molecular flexibility index (Phi) is 7.87. The first-order valence-electron chi connectivity index (χ1n) is 9.10. The predicted molar refractivity (Wildman–Crippen MR) is 132 cm³/mol. The van der Waals surface area contributed by atoms with Crippen molar-refractivity contribution in [2.75, 3.05) is 5.43 Å². The smallest absolute Gasteiger partial charge is 0.339 e. The molecule has 1 N–H and O–H groups in total. The van der Waals surface area contributed by atoms with Crippen molar-refractivity contribution >= 4 is 56.8 Å². The molecule has 0 atom stereocenters. The lowest BCUT2D eigenvalue weighted by molar-refractivity contribution is 0.486.